The molecule has 1 amide bonds. The van der Waals surface area contributed by atoms with E-state index in [1.54, 1.807) is 0 Å². The van der Waals surface area contributed by atoms with Gasteiger partial charge in [-0.15, -0.1) is 0 Å². The van der Waals surface area contributed by atoms with Crippen molar-refractivity contribution in [2.45, 2.75) is 6.67 Å². The standard InChI is InChI=1S/C8H7FN2O3/c9-4-5-1-2-7(11(13)14)6(3-5)8(10)12/h1-3H,4H2,(H2,10,12). The third-order valence-electron chi connectivity index (χ3n) is 1.68. The van der Waals surface area contributed by atoms with Crippen molar-refractivity contribution < 1.29 is 14.1 Å². The van der Waals surface area contributed by atoms with Crippen LogP contribution in [0.5, 0.6) is 0 Å². The number of carbonyl (C=O) groups is 1. The van der Waals surface area contributed by atoms with Crippen LogP contribution in [0.1, 0.15) is 15.9 Å². The van der Waals surface area contributed by atoms with E-state index >= 15 is 0 Å². The highest BCUT2D eigenvalue weighted by atomic mass is 19.1. The molecule has 0 aliphatic rings. The number of rotatable bonds is 3. The van der Waals surface area contributed by atoms with Crippen LogP contribution in [0.3, 0.4) is 0 Å². The lowest BCUT2D eigenvalue weighted by Crippen LogP contribution is -2.13. The Morgan fingerprint density at radius 2 is 2.21 bits per heavy atom. The van der Waals surface area contributed by atoms with Crippen LogP contribution in [-0.4, -0.2) is 10.8 Å². The topological polar surface area (TPSA) is 86.2 Å². The molecule has 6 heteroatoms. The molecule has 5 nitrogen and oxygen atoms in total. The summed E-state index contributed by atoms with van der Waals surface area (Å²) in [6.45, 7) is -0.793. The zero-order valence-electron chi connectivity index (χ0n) is 7.07. The molecule has 0 saturated carbocycles. The summed E-state index contributed by atoms with van der Waals surface area (Å²) in [6.07, 6.45) is 0. The van der Waals surface area contributed by atoms with Gasteiger partial charge in [0.15, 0.2) is 0 Å². The number of nitrogens with two attached hydrogens (primary N) is 1. The smallest absolute Gasteiger partial charge is 0.282 e. The molecule has 0 heterocycles. The number of halogens is 1. The lowest BCUT2D eigenvalue weighted by atomic mass is 10.1. The first-order chi connectivity index (χ1) is 6.56. The zero-order valence-corrected chi connectivity index (χ0v) is 7.07. The minimum atomic E-state index is -0.938. The molecule has 0 fully saturated rings. The first-order valence-corrected chi connectivity index (χ1v) is 3.69. The summed E-state index contributed by atoms with van der Waals surface area (Å²) in [5, 5.41) is 10.4. The largest absolute Gasteiger partial charge is 0.365 e. The maximum Gasteiger partial charge on any atom is 0.282 e. The van der Waals surface area contributed by atoms with E-state index in [4.69, 9.17) is 5.73 Å². The fraction of sp³-hybridized carbons (Fsp3) is 0.125. The molecule has 2 N–H and O–H groups in total. The maximum atomic E-state index is 12.2. The predicted molar refractivity (Wildman–Crippen MR) is 46.4 cm³/mol. The third-order valence-corrected chi connectivity index (χ3v) is 1.68. The Kier molecular flexibility index (Phi) is 2.76. The highest BCUT2D eigenvalue weighted by Gasteiger charge is 2.17. The fourth-order valence-corrected chi connectivity index (χ4v) is 1.02. The summed E-state index contributed by atoms with van der Waals surface area (Å²) in [6, 6.07) is 3.39. The van der Waals surface area contributed by atoms with Gasteiger partial charge in [0.25, 0.3) is 11.6 Å². The molecule has 0 atom stereocenters. The first kappa shape index (κ1) is 10.1. The molecule has 1 aromatic rings. The molecule has 0 radical (unpaired) electrons. The third kappa shape index (κ3) is 1.85. The molecule has 0 unspecified atom stereocenters. The average molecular weight is 198 g/mol. The number of amides is 1. The number of carbonyl (C=O) groups excluding carboxylic acids is 1. The number of primary amides is 1. The van der Waals surface area contributed by atoms with Crippen molar-refractivity contribution in [1.29, 1.82) is 0 Å². The number of nitro groups is 1. The van der Waals surface area contributed by atoms with Gasteiger partial charge >= 0.3 is 0 Å². The Hall–Kier alpha value is -1.98. The second-order valence-corrected chi connectivity index (χ2v) is 2.61. The van der Waals surface area contributed by atoms with Crippen molar-refractivity contribution >= 4 is 11.6 Å². The minimum absolute atomic E-state index is 0.185. The number of benzene rings is 1. The van der Waals surface area contributed by atoms with Crippen LogP contribution in [0.15, 0.2) is 18.2 Å². The van der Waals surface area contributed by atoms with E-state index in [2.05, 4.69) is 0 Å². The highest BCUT2D eigenvalue weighted by molar-refractivity contribution is 5.97. The molecular weight excluding hydrogens is 191 g/mol. The number of hydrogen-bond acceptors (Lipinski definition) is 3. The van der Waals surface area contributed by atoms with Gasteiger partial charge in [-0.1, -0.05) is 0 Å². The summed E-state index contributed by atoms with van der Waals surface area (Å²) >= 11 is 0. The van der Waals surface area contributed by atoms with Gasteiger partial charge in [-0.3, -0.25) is 14.9 Å². The fourth-order valence-electron chi connectivity index (χ4n) is 1.02. The minimum Gasteiger partial charge on any atom is -0.365 e. The Morgan fingerprint density at radius 1 is 1.57 bits per heavy atom. The molecule has 0 saturated heterocycles. The van der Waals surface area contributed by atoms with Crippen LogP contribution in [-0.2, 0) is 6.67 Å². The number of hydrogen-bond donors (Lipinski definition) is 1. The number of nitro benzene ring substituents is 1. The van der Waals surface area contributed by atoms with Gasteiger partial charge in [0.05, 0.1) is 4.92 Å². The van der Waals surface area contributed by atoms with Crippen molar-refractivity contribution in [3.63, 3.8) is 0 Å². The maximum absolute atomic E-state index is 12.2. The van der Waals surface area contributed by atoms with Crippen LogP contribution in [0, 0.1) is 10.1 Å². The lowest BCUT2D eigenvalue weighted by molar-refractivity contribution is -0.385. The summed E-state index contributed by atoms with van der Waals surface area (Å²) in [7, 11) is 0. The molecule has 0 spiro atoms. The van der Waals surface area contributed by atoms with Crippen molar-refractivity contribution in [1.82, 2.24) is 0 Å². The van der Waals surface area contributed by atoms with Crippen molar-refractivity contribution in [3.8, 4) is 0 Å². The Balaban J connectivity index is 3.31. The Labute approximate surface area is 78.5 Å². The van der Waals surface area contributed by atoms with Gasteiger partial charge in [0, 0.05) is 6.07 Å². The van der Waals surface area contributed by atoms with Crippen LogP contribution in [0.25, 0.3) is 0 Å². The molecular formula is C8H7FN2O3. The molecule has 0 aliphatic heterocycles. The normalized spacial score (nSPS) is 9.79. The van der Waals surface area contributed by atoms with Gasteiger partial charge < -0.3 is 5.73 Å². The highest BCUT2D eigenvalue weighted by Crippen LogP contribution is 2.19. The van der Waals surface area contributed by atoms with Gasteiger partial charge in [-0.25, -0.2) is 4.39 Å². The zero-order chi connectivity index (χ0) is 10.7. The van der Waals surface area contributed by atoms with Crippen molar-refractivity contribution in [2.24, 2.45) is 5.73 Å². The molecule has 1 rings (SSSR count). The van der Waals surface area contributed by atoms with Crippen LogP contribution in [0.4, 0.5) is 10.1 Å². The first-order valence-electron chi connectivity index (χ1n) is 3.69. The lowest BCUT2D eigenvalue weighted by Gasteiger charge is -2.00. The molecule has 14 heavy (non-hydrogen) atoms. The summed E-state index contributed by atoms with van der Waals surface area (Å²) in [4.78, 5) is 20.5. The molecule has 1 aromatic carbocycles. The Bertz CT molecular complexity index is 392. The monoisotopic (exact) mass is 198 g/mol. The van der Waals surface area contributed by atoms with E-state index in [9.17, 15) is 19.3 Å². The Morgan fingerprint density at radius 3 is 2.64 bits per heavy atom. The van der Waals surface area contributed by atoms with Crippen molar-refractivity contribution in [3.05, 3.63) is 39.4 Å². The second kappa shape index (κ2) is 3.82. The predicted octanol–water partition coefficient (Wildman–Crippen LogP) is 1.16. The van der Waals surface area contributed by atoms with E-state index in [0.29, 0.717) is 0 Å². The van der Waals surface area contributed by atoms with E-state index in [1.165, 1.54) is 6.07 Å². The van der Waals surface area contributed by atoms with Gasteiger partial charge in [0.1, 0.15) is 12.2 Å². The average Bonchev–Trinajstić information content (AvgIpc) is 2.16. The van der Waals surface area contributed by atoms with Gasteiger partial charge in [0.2, 0.25) is 0 Å². The summed E-state index contributed by atoms with van der Waals surface area (Å²) in [5.41, 5.74) is 4.41. The van der Waals surface area contributed by atoms with E-state index in [-0.39, 0.29) is 11.1 Å². The van der Waals surface area contributed by atoms with Crippen LogP contribution in [0.2, 0.25) is 0 Å². The second-order valence-electron chi connectivity index (χ2n) is 2.61. The number of alkyl halides is 1. The molecule has 0 bridgehead atoms. The molecule has 0 aromatic heterocycles. The summed E-state index contributed by atoms with van der Waals surface area (Å²) < 4.78 is 12.2. The molecule has 74 valence electrons. The van der Waals surface area contributed by atoms with E-state index in [0.717, 1.165) is 12.1 Å². The quantitative estimate of drug-likeness (QED) is 0.584. The molecule has 0 aliphatic carbocycles. The summed E-state index contributed by atoms with van der Waals surface area (Å²) in [5.74, 6) is -0.938. The number of nitrogens with zero attached hydrogens (tertiary/aromatic N) is 1. The van der Waals surface area contributed by atoms with Gasteiger partial charge in [-0.05, 0) is 17.7 Å². The van der Waals surface area contributed by atoms with Gasteiger partial charge in [-0.2, -0.15) is 0 Å². The van der Waals surface area contributed by atoms with Crippen molar-refractivity contribution in [2.75, 3.05) is 0 Å². The van der Waals surface area contributed by atoms with Crippen LogP contribution < -0.4 is 5.73 Å². The van der Waals surface area contributed by atoms with E-state index < -0.39 is 23.2 Å². The SMILES string of the molecule is NC(=O)c1cc(CF)ccc1[N+](=O)[O-]. The van der Waals surface area contributed by atoms with Crippen LogP contribution >= 0.6 is 0 Å². The van der Waals surface area contributed by atoms with E-state index in [1.807, 2.05) is 0 Å².